The second-order valence-electron chi connectivity index (χ2n) is 20.4. The van der Waals surface area contributed by atoms with Gasteiger partial charge in [0.1, 0.15) is 5.60 Å². The van der Waals surface area contributed by atoms with Crippen molar-refractivity contribution in [2.24, 2.45) is 51.8 Å². The number of methoxy groups -OCH3 is 1. The summed E-state index contributed by atoms with van der Waals surface area (Å²) in [7, 11) is 5.16. The van der Waals surface area contributed by atoms with Crippen molar-refractivity contribution in [3.05, 3.63) is 65.8 Å². The van der Waals surface area contributed by atoms with Crippen molar-refractivity contribution in [1.29, 1.82) is 0 Å². The van der Waals surface area contributed by atoms with Crippen LogP contribution in [0.15, 0.2) is 59.6 Å². The summed E-state index contributed by atoms with van der Waals surface area (Å²) in [6, 6.07) is 12.8. The Morgan fingerprint density at radius 1 is 1.02 bits per heavy atom. The Balaban J connectivity index is 1.24. The van der Waals surface area contributed by atoms with Crippen molar-refractivity contribution < 1.29 is 39.4 Å². The third kappa shape index (κ3) is 9.60. The molecule has 0 amide bonds. The van der Waals surface area contributed by atoms with Crippen LogP contribution < -0.4 is 25.4 Å². The van der Waals surface area contributed by atoms with Gasteiger partial charge >= 0.3 is 0 Å². The van der Waals surface area contributed by atoms with Crippen LogP contribution in [0, 0.1) is 58.8 Å². The lowest BCUT2D eigenvalue weighted by molar-refractivity contribution is -0.125. The van der Waals surface area contributed by atoms with E-state index in [0.29, 0.717) is 92.1 Å². The van der Waals surface area contributed by atoms with Crippen molar-refractivity contribution >= 4 is 17.4 Å². The Bertz CT molecular complexity index is 2200. The summed E-state index contributed by atoms with van der Waals surface area (Å²) in [5, 5.41) is 52.8. The number of fused-ring (bicyclic) bond motifs is 5. The minimum Gasteiger partial charge on any atom is -0.504 e. The quantitative estimate of drug-likeness (QED) is 0.0321. The van der Waals surface area contributed by atoms with Crippen LogP contribution in [-0.2, 0) is 21.4 Å². The number of nitrogens with zero attached hydrogens (tertiary/aromatic N) is 1. The van der Waals surface area contributed by atoms with E-state index in [4.69, 9.17) is 14.2 Å². The number of phenols is 2. The first-order valence-electron chi connectivity index (χ1n) is 24.9. The summed E-state index contributed by atoms with van der Waals surface area (Å²) in [5.41, 5.74) is 0.854. The number of nitrogens with one attached hydrogen (secondary N) is 3. The normalized spacial score (nSPS) is 33.7. The van der Waals surface area contributed by atoms with Crippen LogP contribution in [0.2, 0.25) is 0 Å². The molecule has 1 aliphatic heterocycles. The van der Waals surface area contributed by atoms with E-state index >= 15 is 4.79 Å². The lowest BCUT2D eigenvalue weighted by Gasteiger charge is -2.54. The van der Waals surface area contributed by atoms with Gasteiger partial charge in [0.15, 0.2) is 35.1 Å². The Hall–Kier alpha value is -4.54. The van der Waals surface area contributed by atoms with Gasteiger partial charge in [0.05, 0.1) is 19.4 Å². The third-order valence-electron chi connectivity index (χ3n) is 16.8. The van der Waals surface area contributed by atoms with Gasteiger partial charge in [-0.3, -0.25) is 15.1 Å². The predicted molar refractivity (Wildman–Crippen MR) is 257 cm³/mol. The number of ether oxygens (including phenoxy) is 3. The SMILES string of the molecule is CCC1C=CC2CC3CCCC34c3cc(c(O)c(OC5(CNC)CCC(CC(O)OCCCO)C5)c3)NC(=NC)NC#CCC3CCCC3(Cc3ccc(O)c(OC)c3)C(=O)C=CC4C2C1. The van der Waals surface area contributed by atoms with Gasteiger partial charge in [-0.05, 0) is 167 Å². The molecule has 12 nitrogen and oxygen atoms in total. The van der Waals surface area contributed by atoms with Crippen LogP contribution in [0.4, 0.5) is 5.69 Å². The molecule has 2 aromatic carbocycles. The molecule has 2 bridgehead atoms. The third-order valence-corrected chi connectivity index (χ3v) is 16.8. The lowest BCUT2D eigenvalue weighted by atomic mass is 9.50. The molecule has 358 valence electrons. The van der Waals surface area contributed by atoms with Gasteiger partial charge < -0.3 is 45.3 Å². The second kappa shape index (κ2) is 20.8. The van der Waals surface area contributed by atoms with Gasteiger partial charge in [-0.15, -0.1) is 0 Å². The van der Waals surface area contributed by atoms with E-state index in [9.17, 15) is 20.4 Å². The summed E-state index contributed by atoms with van der Waals surface area (Å²) in [5.74, 6) is 6.48. The van der Waals surface area contributed by atoms with Gasteiger partial charge in [-0.25, -0.2) is 0 Å². The first kappa shape index (κ1) is 47.9. The fourth-order valence-corrected chi connectivity index (χ4v) is 13.6. The standard InChI is InChI=1S/C54H74N4O8/c1-5-35-13-15-38-29-40-11-7-21-54(40)41-30-44(50(63)47(31-41)66-52(34-55-2)22-19-37(32-52)28-49(62)65-25-9-24-59)58-51(56-3)57-23-8-12-39-10-6-20-53(39,48(61)18-16-43(54)42(38)26-35)33-36-14-17-45(60)46(27-36)64-4/h13-18,27,30-31,35,37-40,42-43,49,55,59-60,62-63H,5-7,9-12,19-22,24-26,28-29,32-34H2,1-4H3,(H2,56,57,58). The summed E-state index contributed by atoms with van der Waals surface area (Å²) < 4.78 is 18.3. The number of benzene rings is 2. The highest BCUT2D eigenvalue weighted by Gasteiger charge is 2.57. The summed E-state index contributed by atoms with van der Waals surface area (Å²) in [6.07, 6.45) is 21.3. The van der Waals surface area contributed by atoms with Gasteiger partial charge in [0, 0.05) is 49.9 Å². The maximum absolute atomic E-state index is 15.4. The van der Waals surface area contributed by atoms with Crippen LogP contribution in [0.5, 0.6) is 23.0 Å². The number of aliphatic imine (C=N–C) groups is 1. The fourth-order valence-electron chi connectivity index (χ4n) is 13.6. The lowest BCUT2D eigenvalue weighted by Crippen LogP contribution is -2.50. The van der Waals surface area contributed by atoms with E-state index in [2.05, 4.69) is 70.2 Å². The molecule has 1 heterocycles. The number of hydrogen-bond acceptors (Lipinski definition) is 10. The first-order valence-corrected chi connectivity index (χ1v) is 24.9. The highest BCUT2D eigenvalue weighted by atomic mass is 16.6. The number of carbonyl (C=O) groups excluding carboxylic acids is 1. The summed E-state index contributed by atoms with van der Waals surface area (Å²) >= 11 is 0. The van der Waals surface area contributed by atoms with E-state index in [-0.39, 0.29) is 47.1 Å². The molecular weight excluding hydrogens is 833 g/mol. The van der Waals surface area contributed by atoms with Gasteiger partial charge in [0.25, 0.3) is 0 Å². The number of likely N-dealkylation sites (N-methyl/N-ethyl adjacent to an activating group) is 1. The van der Waals surface area contributed by atoms with Crippen LogP contribution in [0.1, 0.15) is 114 Å². The molecule has 11 unspecified atom stereocenters. The van der Waals surface area contributed by atoms with E-state index in [1.165, 1.54) is 0 Å². The number of anilines is 1. The van der Waals surface area contributed by atoms with Crippen molar-refractivity contribution in [2.45, 2.75) is 127 Å². The van der Waals surface area contributed by atoms with E-state index in [0.717, 1.165) is 81.8 Å². The number of aromatic hydroxyl groups is 2. The fraction of sp³-hybridized carbons (Fsp3) is 0.630. The van der Waals surface area contributed by atoms with Crippen LogP contribution in [0.25, 0.3) is 0 Å². The van der Waals surface area contributed by atoms with Crippen LogP contribution in [0.3, 0.4) is 0 Å². The number of aliphatic hydroxyl groups is 2. The molecule has 2 aromatic rings. The van der Waals surface area contributed by atoms with Crippen molar-refractivity contribution in [3.8, 4) is 35.0 Å². The zero-order valence-electron chi connectivity index (χ0n) is 39.6. The number of carbonyl (C=O) groups is 1. The molecule has 8 rings (SSSR count). The Kier molecular flexibility index (Phi) is 15.1. The maximum atomic E-state index is 15.4. The van der Waals surface area contributed by atoms with Crippen LogP contribution >= 0.6 is 0 Å². The average molecular weight is 907 g/mol. The van der Waals surface area contributed by atoms with Crippen molar-refractivity contribution in [1.82, 2.24) is 10.6 Å². The molecule has 66 heavy (non-hydrogen) atoms. The average Bonchev–Trinajstić information content (AvgIpc) is 4.05. The summed E-state index contributed by atoms with van der Waals surface area (Å²) in [4.78, 5) is 20.0. The predicted octanol–water partition coefficient (Wildman–Crippen LogP) is 8.13. The highest BCUT2D eigenvalue weighted by molar-refractivity contribution is 5.97. The molecule has 0 saturated heterocycles. The second-order valence-corrected chi connectivity index (χ2v) is 20.4. The number of allylic oxidation sites excluding steroid dienone is 4. The summed E-state index contributed by atoms with van der Waals surface area (Å²) in [6.45, 7) is 3.13. The number of aliphatic hydroxyl groups excluding tert-OH is 2. The number of guanidine groups is 1. The molecule has 0 aromatic heterocycles. The number of hydrogen-bond donors (Lipinski definition) is 7. The van der Waals surface area contributed by atoms with Crippen molar-refractivity contribution in [3.63, 3.8) is 0 Å². The minimum absolute atomic E-state index is 0.00257. The molecule has 7 N–H and O–H groups in total. The number of ketones is 1. The zero-order valence-corrected chi connectivity index (χ0v) is 39.6. The molecule has 0 radical (unpaired) electrons. The minimum atomic E-state index is -0.930. The molecule has 5 aliphatic carbocycles. The molecule has 11 atom stereocenters. The van der Waals surface area contributed by atoms with Gasteiger partial charge in [0.2, 0.25) is 5.96 Å². The topological polar surface area (TPSA) is 174 Å². The molecule has 4 fully saturated rings. The molecule has 1 spiro atoms. The number of phenolic OH excluding ortho intramolecular Hbond substituents is 2. The monoisotopic (exact) mass is 907 g/mol. The Labute approximate surface area is 392 Å². The first-order chi connectivity index (χ1) is 32.0. The van der Waals surface area contributed by atoms with E-state index < -0.39 is 17.3 Å². The smallest absolute Gasteiger partial charge is 0.207 e. The molecule has 12 heteroatoms. The van der Waals surface area contributed by atoms with Gasteiger partial charge in [-0.1, -0.05) is 50.0 Å². The Morgan fingerprint density at radius 3 is 2.64 bits per heavy atom. The number of rotatable bonds is 14. The molecular formula is C54H74N4O8. The highest BCUT2D eigenvalue weighted by Crippen LogP contribution is 2.64. The van der Waals surface area contributed by atoms with E-state index in [1.807, 2.05) is 25.3 Å². The zero-order chi connectivity index (χ0) is 46.5. The molecule has 6 aliphatic rings. The largest absolute Gasteiger partial charge is 0.504 e. The molecule has 4 saturated carbocycles. The van der Waals surface area contributed by atoms with Gasteiger partial charge in [-0.2, -0.15) is 0 Å². The Morgan fingerprint density at radius 2 is 1.85 bits per heavy atom. The van der Waals surface area contributed by atoms with E-state index in [1.54, 1.807) is 20.2 Å². The van der Waals surface area contributed by atoms with Crippen molar-refractivity contribution in [2.75, 3.05) is 46.3 Å². The maximum Gasteiger partial charge on any atom is 0.207 e. The van der Waals surface area contributed by atoms with Crippen LogP contribution in [-0.4, -0.2) is 85.0 Å².